The molecule has 1 aromatic carbocycles. The molecular weight excluding hydrogens is 194 g/mol. The van der Waals surface area contributed by atoms with E-state index in [-0.39, 0.29) is 0 Å². The van der Waals surface area contributed by atoms with Gasteiger partial charge in [0, 0.05) is 5.56 Å². The lowest BCUT2D eigenvalue weighted by Gasteiger charge is -2.22. The van der Waals surface area contributed by atoms with E-state index >= 15 is 0 Å². The number of nitrogens with zero attached hydrogens (tertiary/aromatic N) is 1. The van der Waals surface area contributed by atoms with Crippen molar-refractivity contribution in [2.45, 2.75) is 6.42 Å². The van der Waals surface area contributed by atoms with E-state index < -0.39 is 0 Å². The van der Waals surface area contributed by atoms with Crippen LogP contribution < -0.4 is 14.2 Å². The van der Waals surface area contributed by atoms with Crippen LogP contribution in [0, 0.1) is 11.3 Å². The highest BCUT2D eigenvalue weighted by Gasteiger charge is 2.20. The lowest BCUT2D eigenvalue weighted by Crippen LogP contribution is -2.17. The number of hydrogen-bond donors (Lipinski definition) is 0. The lowest BCUT2D eigenvalue weighted by molar-refractivity contribution is 0.164. The summed E-state index contributed by atoms with van der Waals surface area (Å²) in [6.07, 6.45) is 0.315. The monoisotopic (exact) mass is 205 g/mol. The van der Waals surface area contributed by atoms with Crippen molar-refractivity contribution in [3.05, 3.63) is 17.7 Å². The predicted molar refractivity (Wildman–Crippen MR) is 53.3 cm³/mol. The van der Waals surface area contributed by atoms with Crippen LogP contribution in [0.25, 0.3) is 0 Å². The zero-order valence-electron chi connectivity index (χ0n) is 8.45. The molecule has 0 bridgehead atoms. The van der Waals surface area contributed by atoms with Gasteiger partial charge in [-0.3, -0.25) is 0 Å². The molecule has 15 heavy (non-hydrogen) atoms. The van der Waals surface area contributed by atoms with Gasteiger partial charge in [0.2, 0.25) is 5.75 Å². The Balaban J connectivity index is 2.48. The first-order valence-corrected chi connectivity index (χ1v) is 4.69. The van der Waals surface area contributed by atoms with Crippen LogP contribution in [0.2, 0.25) is 0 Å². The summed E-state index contributed by atoms with van der Waals surface area (Å²) in [6.45, 7) is 1.03. The molecule has 1 aromatic rings. The predicted octanol–water partition coefficient (Wildman–Crippen LogP) is 1.53. The van der Waals surface area contributed by atoms with Crippen molar-refractivity contribution in [1.82, 2.24) is 0 Å². The average molecular weight is 205 g/mol. The van der Waals surface area contributed by atoms with Crippen LogP contribution in [-0.4, -0.2) is 20.3 Å². The van der Waals surface area contributed by atoms with Gasteiger partial charge in [-0.1, -0.05) is 6.07 Å². The molecule has 0 spiro atoms. The van der Waals surface area contributed by atoms with E-state index in [0.29, 0.717) is 36.9 Å². The second-order valence-corrected chi connectivity index (χ2v) is 3.12. The van der Waals surface area contributed by atoms with Crippen molar-refractivity contribution in [1.29, 1.82) is 5.26 Å². The second kappa shape index (κ2) is 4.09. The SMILES string of the molecule is COc1ccc(CC#N)c2c1OCCO2. The Morgan fingerprint density at radius 1 is 1.33 bits per heavy atom. The van der Waals surface area contributed by atoms with E-state index in [1.54, 1.807) is 13.2 Å². The van der Waals surface area contributed by atoms with E-state index in [4.69, 9.17) is 19.5 Å². The molecule has 4 heteroatoms. The maximum atomic E-state index is 8.67. The Morgan fingerprint density at radius 2 is 2.07 bits per heavy atom. The first-order valence-electron chi connectivity index (χ1n) is 4.69. The molecule has 78 valence electrons. The normalized spacial score (nSPS) is 13.1. The van der Waals surface area contributed by atoms with Crippen molar-refractivity contribution in [3.63, 3.8) is 0 Å². The van der Waals surface area contributed by atoms with Crippen molar-refractivity contribution in [2.75, 3.05) is 20.3 Å². The standard InChI is InChI=1S/C11H11NO3/c1-13-9-3-2-8(4-5-12)10-11(9)15-7-6-14-10/h2-3H,4,6-7H2,1H3. The van der Waals surface area contributed by atoms with Crippen LogP contribution in [0.3, 0.4) is 0 Å². The topological polar surface area (TPSA) is 51.5 Å². The Kier molecular flexibility index (Phi) is 2.64. The molecule has 0 saturated heterocycles. The van der Waals surface area contributed by atoms with Crippen molar-refractivity contribution in [2.24, 2.45) is 0 Å². The molecule has 0 fully saturated rings. The third-order valence-electron chi connectivity index (χ3n) is 2.22. The number of benzene rings is 1. The molecule has 4 nitrogen and oxygen atoms in total. The van der Waals surface area contributed by atoms with Gasteiger partial charge in [0.05, 0.1) is 19.6 Å². The number of fused-ring (bicyclic) bond motifs is 1. The van der Waals surface area contributed by atoms with Crippen LogP contribution in [0.1, 0.15) is 5.56 Å². The van der Waals surface area contributed by atoms with Gasteiger partial charge < -0.3 is 14.2 Å². The summed E-state index contributed by atoms with van der Waals surface area (Å²) < 4.78 is 16.1. The fourth-order valence-corrected chi connectivity index (χ4v) is 1.55. The maximum Gasteiger partial charge on any atom is 0.204 e. The molecule has 2 rings (SSSR count). The molecule has 1 aliphatic heterocycles. The van der Waals surface area contributed by atoms with Gasteiger partial charge in [-0.2, -0.15) is 5.26 Å². The van der Waals surface area contributed by atoms with Crippen LogP contribution in [-0.2, 0) is 6.42 Å². The number of methoxy groups -OCH3 is 1. The molecule has 0 radical (unpaired) electrons. The van der Waals surface area contributed by atoms with Crippen LogP contribution in [0.5, 0.6) is 17.2 Å². The molecule has 0 aliphatic carbocycles. The van der Waals surface area contributed by atoms with E-state index in [1.165, 1.54) is 0 Å². The lowest BCUT2D eigenvalue weighted by atomic mass is 10.1. The largest absolute Gasteiger partial charge is 0.493 e. The van der Waals surface area contributed by atoms with E-state index in [1.807, 2.05) is 6.07 Å². The highest BCUT2D eigenvalue weighted by Crippen LogP contribution is 2.41. The molecular formula is C11H11NO3. The van der Waals surface area contributed by atoms with Crippen LogP contribution >= 0.6 is 0 Å². The van der Waals surface area contributed by atoms with E-state index in [9.17, 15) is 0 Å². The fourth-order valence-electron chi connectivity index (χ4n) is 1.55. The van der Waals surface area contributed by atoms with E-state index in [0.717, 1.165) is 5.56 Å². The minimum absolute atomic E-state index is 0.315. The summed E-state index contributed by atoms with van der Waals surface area (Å²) in [4.78, 5) is 0. The van der Waals surface area contributed by atoms with Crippen molar-refractivity contribution in [3.8, 4) is 23.3 Å². The zero-order chi connectivity index (χ0) is 10.7. The van der Waals surface area contributed by atoms with Crippen molar-refractivity contribution < 1.29 is 14.2 Å². The van der Waals surface area contributed by atoms with Gasteiger partial charge in [0.25, 0.3) is 0 Å². The Hall–Kier alpha value is -1.89. The van der Waals surface area contributed by atoms with Crippen LogP contribution in [0.15, 0.2) is 12.1 Å². The number of ether oxygens (including phenoxy) is 3. The molecule has 0 N–H and O–H groups in total. The summed E-state index contributed by atoms with van der Waals surface area (Å²) in [6, 6.07) is 5.72. The zero-order valence-corrected chi connectivity index (χ0v) is 8.45. The third-order valence-corrected chi connectivity index (χ3v) is 2.22. The smallest absolute Gasteiger partial charge is 0.204 e. The minimum Gasteiger partial charge on any atom is -0.493 e. The summed E-state index contributed by atoms with van der Waals surface area (Å²) in [5, 5.41) is 8.67. The number of rotatable bonds is 2. The quantitative estimate of drug-likeness (QED) is 0.734. The molecule has 0 aromatic heterocycles. The van der Waals surface area contributed by atoms with Crippen LogP contribution in [0.4, 0.5) is 0 Å². The molecule has 0 saturated carbocycles. The average Bonchev–Trinajstić information content (AvgIpc) is 2.30. The molecule has 0 amide bonds. The third kappa shape index (κ3) is 1.68. The second-order valence-electron chi connectivity index (χ2n) is 3.12. The summed E-state index contributed by atoms with van der Waals surface area (Å²) in [5.41, 5.74) is 0.841. The molecule has 1 aliphatic rings. The first-order chi connectivity index (χ1) is 7.36. The highest BCUT2D eigenvalue weighted by atomic mass is 16.6. The van der Waals surface area contributed by atoms with Crippen molar-refractivity contribution >= 4 is 0 Å². The van der Waals surface area contributed by atoms with Gasteiger partial charge in [-0.25, -0.2) is 0 Å². The summed E-state index contributed by atoms with van der Waals surface area (Å²) in [7, 11) is 1.58. The molecule has 1 heterocycles. The van der Waals surface area contributed by atoms with Gasteiger partial charge in [-0.15, -0.1) is 0 Å². The molecule has 0 unspecified atom stereocenters. The highest BCUT2D eigenvalue weighted by molar-refractivity contribution is 5.56. The van der Waals surface area contributed by atoms with Gasteiger partial charge in [0.1, 0.15) is 13.2 Å². The Labute approximate surface area is 88.0 Å². The van der Waals surface area contributed by atoms with Gasteiger partial charge in [0.15, 0.2) is 11.5 Å². The van der Waals surface area contributed by atoms with Gasteiger partial charge >= 0.3 is 0 Å². The summed E-state index contributed by atoms with van der Waals surface area (Å²) >= 11 is 0. The van der Waals surface area contributed by atoms with Gasteiger partial charge in [-0.05, 0) is 6.07 Å². The maximum absolute atomic E-state index is 8.67. The number of hydrogen-bond acceptors (Lipinski definition) is 4. The fraction of sp³-hybridized carbons (Fsp3) is 0.364. The molecule has 0 atom stereocenters. The Bertz CT molecular complexity index is 409. The Morgan fingerprint density at radius 3 is 2.73 bits per heavy atom. The van der Waals surface area contributed by atoms with E-state index in [2.05, 4.69) is 6.07 Å². The number of nitriles is 1. The minimum atomic E-state index is 0.315. The first kappa shape index (κ1) is 9.66. The summed E-state index contributed by atoms with van der Waals surface area (Å²) in [5.74, 6) is 1.89.